The molecule has 112 valence electrons. The summed E-state index contributed by atoms with van der Waals surface area (Å²) in [7, 11) is 0. The van der Waals surface area contributed by atoms with Crippen molar-refractivity contribution in [1.82, 2.24) is 4.98 Å². The number of benzene rings is 1. The summed E-state index contributed by atoms with van der Waals surface area (Å²) in [6.45, 7) is 9.05. The number of anilines is 1. The summed E-state index contributed by atoms with van der Waals surface area (Å²) in [6.07, 6.45) is 4.02. The lowest BCUT2D eigenvalue weighted by molar-refractivity contribution is 0.578. The monoisotopic (exact) mass is 300 g/mol. The van der Waals surface area contributed by atoms with Crippen LogP contribution in [0.4, 0.5) is 5.69 Å². The van der Waals surface area contributed by atoms with Crippen LogP contribution in [0.1, 0.15) is 45.0 Å². The van der Waals surface area contributed by atoms with Crippen molar-refractivity contribution >= 4 is 17.0 Å². The Balaban J connectivity index is 1.79. The second-order valence-corrected chi connectivity index (χ2v) is 7.74. The first-order valence-corrected chi connectivity index (χ1v) is 8.73. The zero-order valence-electron chi connectivity index (χ0n) is 13.2. The van der Waals surface area contributed by atoms with Crippen molar-refractivity contribution < 1.29 is 0 Å². The molecule has 1 aromatic carbocycles. The molecule has 1 aliphatic rings. The van der Waals surface area contributed by atoms with Crippen molar-refractivity contribution in [2.45, 2.75) is 45.4 Å². The highest BCUT2D eigenvalue weighted by molar-refractivity contribution is 7.10. The van der Waals surface area contributed by atoms with Gasteiger partial charge in [0, 0.05) is 35.1 Å². The fraction of sp³-hybridized carbons (Fsp3) is 0.500. The summed E-state index contributed by atoms with van der Waals surface area (Å²) in [6, 6.07) is 8.92. The lowest BCUT2D eigenvalue weighted by Gasteiger charge is -2.28. The Morgan fingerprint density at radius 1 is 1.00 bits per heavy atom. The molecule has 21 heavy (non-hydrogen) atoms. The summed E-state index contributed by atoms with van der Waals surface area (Å²) in [5.74, 6) is 0. The van der Waals surface area contributed by atoms with Crippen LogP contribution in [-0.4, -0.2) is 18.1 Å². The number of hydrogen-bond donors (Lipinski definition) is 0. The van der Waals surface area contributed by atoms with Crippen LogP contribution in [0.2, 0.25) is 0 Å². The van der Waals surface area contributed by atoms with E-state index in [0.29, 0.717) is 0 Å². The van der Waals surface area contributed by atoms with Crippen molar-refractivity contribution in [3.05, 3.63) is 34.7 Å². The molecule has 0 saturated carbocycles. The molecule has 0 radical (unpaired) electrons. The molecule has 1 aliphatic heterocycles. The van der Waals surface area contributed by atoms with E-state index in [0.717, 1.165) is 5.69 Å². The van der Waals surface area contributed by atoms with Crippen molar-refractivity contribution in [2.75, 3.05) is 18.0 Å². The zero-order chi connectivity index (χ0) is 14.9. The van der Waals surface area contributed by atoms with Crippen LogP contribution in [0, 0.1) is 0 Å². The van der Waals surface area contributed by atoms with Gasteiger partial charge in [-0.05, 0) is 31.4 Å². The number of hydrogen-bond acceptors (Lipinski definition) is 3. The average Bonchev–Trinajstić information content (AvgIpc) is 2.98. The summed E-state index contributed by atoms with van der Waals surface area (Å²) in [4.78, 5) is 7.29. The molecule has 1 aromatic heterocycles. The Hall–Kier alpha value is -1.35. The minimum absolute atomic E-state index is 0.136. The van der Waals surface area contributed by atoms with Gasteiger partial charge in [0.05, 0.1) is 10.7 Å². The molecule has 1 saturated heterocycles. The van der Waals surface area contributed by atoms with E-state index in [9.17, 15) is 0 Å². The normalized spacial score (nSPS) is 16.2. The van der Waals surface area contributed by atoms with Crippen LogP contribution < -0.4 is 4.90 Å². The Morgan fingerprint density at radius 2 is 1.67 bits per heavy atom. The Morgan fingerprint density at radius 3 is 2.24 bits per heavy atom. The fourth-order valence-electron chi connectivity index (χ4n) is 2.75. The van der Waals surface area contributed by atoms with Crippen LogP contribution in [-0.2, 0) is 5.41 Å². The Bertz CT molecular complexity index is 586. The molecule has 0 bridgehead atoms. The lowest BCUT2D eigenvalue weighted by atomic mass is 9.98. The van der Waals surface area contributed by atoms with E-state index in [4.69, 9.17) is 4.98 Å². The summed E-state index contributed by atoms with van der Waals surface area (Å²) < 4.78 is 0. The van der Waals surface area contributed by atoms with Gasteiger partial charge in [0.2, 0.25) is 0 Å². The number of aromatic nitrogens is 1. The van der Waals surface area contributed by atoms with Crippen LogP contribution in [0.3, 0.4) is 0 Å². The van der Waals surface area contributed by atoms with Crippen molar-refractivity contribution in [3.8, 4) is 11.3 Å². The summed E-state index contributed by atoms with van der Waals surface area (Å²) in [5.41, 5.74) is 3.82. The minimum Gasteiger partial charge on any atom is -0.372 e. The van der Waals surface area contributed by atoms with E-state index in [1.807, 2.05) is 0 Å². The molecule has 2 heterocycles. The maximum Gasteiger partial charge on any atom is 0.0986 e. The van der Waals surface area contributed by atoms with Gasteiger partial charge in [-0.15, -0.1) is 11.3 Å². The van der Waals surface area contributed by atoms with E-state index in [-0.39, 0.29) is 5.41 Å². The standard InChI is InChI=1S/C18H24N2S/c1-18(2,3)17-19-16(13-21-17)14-7-9-15(10-8-14)20-11-5-4-6-12-20/h7-10,13H,4-6,11-12H2,1-3H3. The maximum absolute atomic E-state index is 4.80. The molecule has 0 atom stereocenters. The van der Waals surface area contributed by atoms with Gasteiger partial charge in [0.15, 0.2) is 0 Å². The van der Waals surface area contributed by atoms with Gasteiger partial charge in [-0.25, -0.2) is 4.98 Å². The number of rotatable bonds is 2. The van der Waals surface area contributed by atoms with E-state index in [2.05, 4.69) is 55.3 Å². The van der Waals surface area contributed by atoms with E-state index < -0.39 is 0 Å². The first kappa shape index (κ1) is 14.6. The second-order valence-electron chi connectivity index (χ2n) is 6.88. The number of nitrogens with zero attached hydrogens (tertiary/aromatic N) is 2. The SMILES string of the molecule is CC(C)(C)c1nc(-c2ccc(N3CCCCC3)cc2)cs1. The van der Waals surface area contributed by atoms with E-state index >= 15 is 0 Å². The molecule has 2 nitrogen and oxygen atoms in total. The molecular weight excluding hydrogens is 276 g/mol. The maximum atomic E-state index is 4.80. The van der Waals surface area contributed by atoms with Crippen LogP contribution in [0.15, 0.2) is 29.6 Å². The van der Waals surface area contributed by atoms with Crippen LogP contribution in [0.5, 0.6) is 0 Å². The number of piperidine rings is 1. The van der Waals surface area contributed by atoms with Gasteiger partial charge in [-0.3, -0.25) is 0 Å². The van der Waals surface area contributed by atoms with Gasteiger partial charge in [0.1, 0.15) is 0 Å². The molecule has 2 aromatic rings. The quantitative estimate of drug-likeness (QED) is 0.767. The molecule has 0 N–H and O–H groups in total. The minimum atomic E-state index is 0.136. The van der Waals surface area contributed by atoms with Crippen molar-refractivity contribution in [3.63, 3.8) is 0 Å². The van der Waals surface area contributed by atoms with Gasteiger partial charge < -0.3 is 4.90 Å². The third-order valence-corrected chi connectivity index (χ3v) is 5.30. The molecular formula is C18H24N2S. The van der Waals surface area contributed by atoms with Gasteiger partial charge >= 0.3 is 0 Å². The van der Waals surface area contributed by atoms with Crippen LogP contribution >= 0.6 is 11.3 Å². The van der Waals surface area contributed by atoms with E-state index in [1.54, 1.807) is 11.3 Å². The average molecular weight is 300 g/mol. The highest BCUT2D eigenvalue weighted by atomic mass is 32.1. The van der Waals surface area contributed by atoms with Gasteiger partial charge in [0.25, 0.3) is 0 Å². The topological polar surface area (TPSA) is 16.1 Å². The second kappa shape index (κ2) is 5.80. The first-order chi connectivity index (χ1) is 10.0. The molecule has 0 spiro atoms. The molecule has 0 unspecified atom stereocenters. The molecule has 3 rings (SSSR count). The van der Waals surface area contributed by atoms with Gasteiger partial charge in [-0.2, -0.15) is 0 Å². The Labute approximate surface area is 131 Å². The number of thiazole rings is 1. The lowest BCUT2D eigenvalue weighted by Crippen LogP contribution is -2.29. The van der Waals surface area contributed by atoms with E-state index in [1.165, 1.54) is 48.6 Å². The Kier molecular flexibility index (Phi) is 4.03. The third kappa shape index (κ3) is 3.29. The predicted molar refractivity (Wildman–Crippen MR) is 92.3 cm³/mol. The molecule has 0 aliphatic carbocycles. The fourth-order valence-corrected chi connectivity index (χ4v) is 3.66. The smallest absolute Gasteiger partial charge is 0.0986 e. The van der Waals surface area contributed by atoms with Crippen molar-refractivity contribution in [2.24, 2.45) is 0 Å². The molecule has 3 heteroatoms. The first-order valence-electron chi connectivity index (χ1n) is 7.85. The largest absolute Gasteiger partial charge is 0.372 e. The summed E-state index contributed by atoms with van der Waals surface area (Å²) in [5, 5.41) is 3.38. The van der Waals surface area contributed by atoms with Crippen molar-refractivity contribution in [1.29, 1.82) is 0 Å². The predicted octanol–water partition coefficient (Wildman–Crippen LogP) is 5.10. The third-order valence-electron chi connectivity index (χ3n) is 4.03. The summed E-state index contributed by atoms with van der Waals surface area (Å²) >= 11 is 1.76. The molecule has 1 fully saturated rings. The zero-order valence-corrected chi connectivity index (χ0v) is 14.0. The highest BCUT2D eigenvalue weighted by Gasteiger charge is 2.18. The highest BCUT2D eigenvalue weighted by Crippen LogP contribution is 2.31. The van der Waals surface area contributed by atoms with Crippen LogP contribution in [0.25, 0.3) is 11.3 Å². The molecule has 0 amide bonds. The van der Waals surface area contributed by atoms with Gasteiger partial charge in [-0.1, -0.05) is 32.9 Å².